The highest BCUT2D eigenvalue weighted by molar-refractivity contribution is 5.87. The molecule has 176 valence electrons. The number of rotatable bonds is 8. The molecular weight excluding hydrogens is 420 g/mol. The van der Waals surface area contributed by atoms with Gasteiger partial charge in [0.1, 0.15) is 6.04 Å². The van der Waals surface area contributed by atoms with Crippen LogP contribution in [-0.2, 0) is 22.5 Å². The molecule has 1 saturated heterocycles. The van der Waals surface area contributed by atoms with Gasteiger partial charge in [-0.05, 0) is 30.4 Å². The lowest BCUT2D eigenvalue weighted by molar-refractivity contribution is -0.123. The predicted octanol–water partition coefficient (Wildman–Crippen LogP) is 1.74. The minimum Gasteiger partial charge on any atom is -0.385 e. The van der Waals surface area contributed by atoms with Crippen molar-refractivity contribution in [3.63, 3.8) is 0 Å². The summed E-state index contributed by atoms with van der Waals surface area (Å²) in [6, 6.07) is 14.2. The molecule has 2 aromatic rings. The number of likely N-dealkylation sites (tertiary alicyclic amines) is 1. The zero-order chi connectivity index (χ0) is 23.2. The average Bonchev–Trinajstić information content (AvgIpc) is 2.82. The summed E-state index contributed by atoms with van der Waals surface area (Å²) in [7, 11) is 1.63. The second-order valence-electron chi connectivity index (χ2n) is 8.93. The van der Waals surface area contributed by atoms with Crippen molar-refractivity contribution in [1.82, 2.24) is 20.1 Å². The molecule has 8 heteroatoms. The number of carbonyl (C=O) groups is 2. The van der Waals surface area contributed by atoms with Crippen molar-refractivity contribution in [3.05, 3.63) is 70.1 Å². The molecule has 33 heavy (non-hydrogen) atoms. The van der Waals surface area contributed by atoms with Crippen LogP contribution < -0.4 is 16.2 Å². The number of nitrogens with zero attached hydrogens (tertiary/aromatic N) is 2. The lowest BCUT2D eigenvalue weighted by Crippen LogP contribution is -2.56. The van der Waals surface area contributed by atoms with Crippen molar-refractivity contribution in [1.29, 1.82) is 0 Å². The van der Waals surface area contributed by atoms with Gasteiger partial charge in [0.2, 0.25) is 5.91 Å². The standard InChI is InChI=1S/C25H32N4O4/c1-33-12-6-11-26-24(31)21(14-18-7-3-2-4-8-18)27-25(32)28-15-19-13-20(17-28)22-9-5-10-23(30)29(22)16-19/h2-5,7-10,19-21H,6,11-17H2,1H3,(H,26,31)(H,27,32)/t19-,20+,21+/m1/s1. The van der Waals surface area contributed by atoms with Gasteiger partial charge in [0, 0.05) is 64.0 Å². The maximum atomic E-state index is 13.2. The van der Waals surface area contributed by atoms with Gasteiger partial charge in [0.05, 0.1) is 0 Å². The molecule has 3 amide bonds. The first kappa shape index (κ1) is 23.0. The third-order valence-corrected chi connectivity index (χ3v) is 6.49. The van der Waals surface area contributed by atoms with Crippen LogP contribution in [0.4, 0.5) is 4.79 Å². The van der Waals surface area contributed by atoms with Gasteiger partial charge in [-0.2, -0.15) is 0 Å². The van der Waals surface area contributed by atoms with Gasteiger partial charge in [0.15, 0.2) is 0 Å². The topological polar surface area (TPSA) is 92.7 Å². The molecule has 2 N–H and O–H groups in total. The molecule has 4 rings (SSSR count). The van der Waals surface area contributed by atoms with Gasteiger partial charge >= 0.3 is 6.03 Å². The van der Waals surface area contributed by atoms with E-state index < -0.39 is 6.04 Å². The smallest absolute Gasteiger partial charge is 0.318 e. The van der Waals surface area contributed by atoms with Crippen LogP contribution in [-0.4, -0.2) is 60.8 Å². The van der Waals surface area contributed by atoms with E-state index in [0.29, 0.717) is 45.6 Å². The molecule has 1 aromatic heterocycles. The van der Waals surface area contributed by atoms with Gasteiger partial charge in [-0.15, -0.1) is 0 Å². The Morgan fingerprint density at radius 3 is 2.70 bits per heavy atom. The van der Waals surface area contributed by atoms with Crippen molar-refractivity contribution in [2.45, 2.75) is 37.8 Å². The number of methoxy groups -OCH3 is 1. The Morgan fingerprint density at radius 2 is 1.91 bits per heavy atom. The lowest BCUT2D eigenvalue weighted by atomic mass is 9.83. The number of pyridine rings is 1. The highest BCUT2D eigenvalue weighted by atomic mass is 16.5. The number of benzene rings is 1. The summed E-state index contributed by atoms with van der Waals surface area (Å²) in [4.78, 5) is 40.2. The number of amides is 3. The molecule has 2 aliphatic rings. The molecule has 0 unspecified atom stereocenters. The Balaban J connectivity index is 1.44. The summed E-state index contributed by atoms with van der Waals surface area (Å²) < 4.78 is 6.89. The number of fused-ring (bicyclic) bond motifs is 4. The summed E-state index contributed by atoms with van der Waals surface area (Å²) in [5, 5.41) is 5.89. The summed E-state index contributed by atoms with van der Waals surface area (Å²) in [6.07, 6.45) is 2.10. The first-order chi connectivity index (χ1) is 16.0. The molecule has 3 atom stereocenters. The Bertz CT molecular complexity index is 1020. The van der Waals surface area contributed by atoms with E-state index in [-0.39, 0.29) is 29.3 Å². The summed E-state index contributed by atoms with van der Waals surface area (Å²) in [6.45, 7) is 2.81. The summed E-state index contributed by atoms with van der Waals surface area (Å²) >= 11 is 0. The number of piperidine rings is 1. The monoisotopic (exact) mass is 452 g/mol. The highest BCUT2D eigenvalue weighted by Gasteiger charge is 2.37. The van der Waals surface area contributed by atoms with E-state index in [2.05, 4.69) is 10.6 Å². The van der Waals surface area contributed by atoms with Gasteiger partial charge in [0.25, 0.3) is 5.56 Å². The Hall–Kier alpha value is -3.13. The van der Waals surface area contributed by atoms with Crippen LogP contribution in [0.5, 0.6) is 0 Å². The third kappa shape index (κ3) is 5.63. The first-order valence-electron chi connectivity index (χ1n) is 11.6. The molecule has 1 aromatic carbocycles. The van der Waals surface area contributed by atoms with Crippen LogP contribution in [0.25, 0.3) is 0 Å². The van der Waals surface area contributed by atoms with Crippen molar-refractivity contribution >= 4 is 11.9 Å². The fourth-order valence-corrected chi connectivity index (χ4v) is 4.91. The fourth-order valence-electron chi connectivity index (χ4n) is 4.91. The van der Waals surface area contributed by atoms with Gasteiger partial charge in [-0.25, -0.2) is 4.79 Å². The number of ether oxygens (including phenoxy) is 1. The second-order valence-corrected chi connectivity index (χ2v) is 8.93. The molecule has 0 radical (unpaired) electrons. The third-order valence-electron chi connectivity index (χ3n) is 6.49. The van der Waals surface area contributed by atoms with E-state index in [1.54, 1.807) is 24.1 Å². The molecule has 8 nitrogen and oxygen atoms in total. The first-order valence-corrected chi connectivity index (χ1v) is 11.6. The quantitative estimate of drug-likeness (QED) is 0.597. The average molecular weight is 453 g/mol. The zero-order valence-corrected chi connectivity index (χ0v) is 19.0. The van der Waals surface area contributed by atoms with Crippen molar-refractivity contribution < 1.29 is 14.3 Å². The van der Waals surface area contributed by atoms with Gasteiger partial charge in [-0.3, -0.25) is 9.59 Å². The van der Waals surface area contributed by atoms with E-state index in [0.717, 1.165) is 17.7 Å². The minimum atomic E-state index is -0.667. The van der Waals surface area contributed by atoms with Crippen molar-refractivity contribution in [2.75, 3.05) is 33.4 Å². The molecule has 2 bridgehead atoms. The largest absolute Gasteiger partial charge is 0.385 e. The zero-order valence-electron chi connectivity index (χ0n) is 19.0. The Kier molecular flexibility index (Phi) is 7.44. The van der Waals surface area contributed by atoms with Crippen molar-refractivity contribution in [3.8, 4) is 0 Å². The number of hydrogen-bond acceptors (Lipinski definition) is 4. The predicted molar refractivity (Wildman–Crippen MR) is 125 cm³/mol. The summed E-state index contributed by atoms with van der Waals surface area (Å²) in [5.41, 5.74) is 2.00. The van der Waals surface area contributed by atoms with Gasteiger partial charge in [-0.1, -0.05) is 36.4 Å². The maximum Gasteiger partial charge on any atom is 0.318 e. The SMILES string of the molecule is COCCCNC(=O)[C@H](Cc1ccccc1)NC(=O)N1C[C@H]2C[C@@H](C1)c1cccc(=O)n1C2. The van der Waals surface area contributed by atoms with Crippen LogP contribution in [0, 0.1) is 5.92 Å². The Morgan fingerprint density at radius 1 is 1.09 bits per heavy atom. The molecule has 3 heterocycles. The van der Waals surface area contributed by atoms with Crippen LogP contribution >= 0.6 is 0 Å². The number of aromatic nitrogens is 1. The second kappa shape index (κ2) is 10.7. The lowest BCUT2D eigenvalue weighted by Gasteiger charge is -2.43. The van der Waals surface area contributed by atoms with Crippen LogP contribution in [0.2, 0.25) is 0 Å². The summed E-state index contributed by atoms with van der Waals surface area (Å²) in [5.74, 6) is 0.169. The maximum absolute atomic E-state index is 13.2. The molecule has 0 aliphatic carbocycles. The number of hydrogen-bond donors (Lipinski definition) is 2. The Labute approximate surface area is 193 Å². The minimum absolute atomic E-state index is 0.0215. The fraction of sp³-hybridized carbons (Fsp3) is 0.480. The number of carbonyl (C=O) groups excluding carboxylic acids is 2. The van der Waals surface area contributed by atoms with E-state index in [4.69, 9.17) is 4.74 Å². The van der Waals surface area contributed by atoms with E-state index in [1.807, 2.05) is 41.0 Å². The van der Waals surface area contributed by atoms with E-state index >= 15 is 0 Å². The number of nitrogens with one attached hydrogen (secondary N) is 2. The molecular formula is C25H32N4O4. The number of urea groups is 1. The van der Waals surface area contributed by atoms with Crippen LogP contribution in [0.15, 0.2) is 53.3 Å². The van der Waals surface area contributed by atoms with E-state index in [9.17, 15) is 14.4 Å². The molecule has 1 fully saturated rings. The van der Waals surface area contributed by atoms with Crippen LogP contribution in [0.3, 0.4) is 0 Å². The molecule has 2 aliphatic heterocycles. The van der Waals surface area contributed by atoms with E-state index in [1.165, 1.54) is 0 Å². The highest BCUT2D eigenvalue weighted by Crippen LogP contribution is 2.34. The van der Waals surface area contributed by atoms with Gasteiger partial charge < -0.3 is 24.8 Å². The molecule has 0 saturated carbocycles. The molecule has 0 spiro atoms. The van der Waals surface area contributed by atoms with Crippen molar-refractivity contribution in [2.24, 2.45) is 5.92 Å². The normalized spacial score (nSPS) is 20.0. The van der Waals surface area contributed by atoms with Crippen LogP contribution in [0.1, 0.15) is 30.0 Å².